The van der Waals surface area contributed by atoms with E-state index >= 15 is 0 Å². The molecule has 2 aromatic rings. The van der Waals surface area contributed by atoms with E-state index in [0.29, 0.717) is 12.1 Å². The Kier molecular flexibility index (Phi) is 3.71. The normalized spacial score (nSPS) is 10.6. The Bertz CT molecular complexity index is 535. The third kappa shape index (κ3) is 2.73. The highest BCUT2D eigenvalue weighted by Crippen LogP contribution is 2.03. The summed E-state index contributed by atoms with van der Waals surface area (Å²) in [6.07, 6.45) is 4.73. The summed E-state index contributed by atoms with van der Waals surface area (Å²) in [7, 11) is 1.32. The largest absolute Gasteiger partial charge is 0.465 e. The molecular formula is C11H13FN4O2. The number of hydrogen-bond donors (Lipinski definition) is 0. The Hall–Kier alpha value is -2.18. The van der Waals surface area contributed by atoms with E-state index in [2.05, 4.69) is 14.9 Å². The Morgan fingerprint density at radius 1 is 1.50 bits per heavy atom. The van der Waals surface area contributed by atoms with Gasteiger partial charge in [-0.15, -0.1) is 0 Å². The van der Waals surface area contributed by atoms with Gasteiger partial charge in [0, 0.05) is 12.4 Å². The minimum atomic E-state index is -0.449. The molecule has 0 unspecified atom stereocenters. The van der Waals surface area contributed by atoms with E-state index in [1.165, 1.54) is 18.0 Å². The first kappa shape index (κ1) is 12.3. The third-order valence-electron chi connectivity index (χ3n) is 2.39. The van der Waals surface area contributed by atoms with E-state index < -0.39 is 12.6 Å². The molecule has 2 heterocycles. The van der Waals surface area contributed by atoms with Crippen molar-refractivity contribution in [1.82, 2.24) is 19.6 Å². The van der Waals surface area contributed by atoms with Gasteiger partial charge in [0.1, 0.15) is 6.67 Å². The average molecular weight is 252 g/mol. The molecule has 0 amide bonds. The second kappa shape index (κ2) is 5.44. The van der Waals surface area contributed by atoms with Gasteiger partial charge in [-0.1, -0.05) is 0 Å². The SMILES string of the molecule is COC(=O)c1cnn(Cc2ccn(CCF)n2)c1. The smallest absolute Gasteiger partial charge is 0.341 e. The van der Waals surface area contributed by atoms with Crippen LogP contribution in [0.4, 0.5) is 4.39 Å². The van der Waals surface area contributed by atoms with Crippen LogP contribution in [0.1, 0.15) is 16.1 Å². The number of ether oxygens (including phenoxy) is 1. The lowest BCUT2D eigenvalue weighted by Crippen LogP contribution is -2.04. The van der Waals surface area contributed by atoms with E-state index in [9.17, 15) is 9.18 Å². The highest BCUT2D eigenvalue weighted by atomic mass is 19.1. The van der Waals surface area contributed by atoms with Crippen molar-refractivity contribution < 1.29 is 13.9 Å². The van der Waals surface area contributed by atoms with Crippen molar-refractivity contribution in [2.24, 2.45) is 0 Å². The molecule has 0 aliphatic heterocycles. The van der Waals surface area contributed by atoms with Crippen LogP contribution in [0.15, 0.2) is 24.7 Å². The van der Waals surface area contributed by atoms with Gasteiger partial charge in [0.15, 0.2) is 0 Å². The number of carbonyl (C=O) groups excluding carboxylic acids is 1. The van der Waals surface area contributed by atoms with E-state index in [1.54, 1.807) is 23.1 Å². The maximum absolute atomic E-state index is 12.1. The summed E-state index contributed by atoms with van der Waals surface area (Å²) in [5.41, 5.74) is 1.14. The molecule has 0 aromatic carbocycles. The van der Waals surface area contributed by atoms with Crippen molar-refractivity contribution in [2.45, 2.75) is 13.1 Å². The van der Waals surface area contributed by atoms with Crippen molar-refractivity contribution in [3.05, 3.63) is 35.9 Å². The molecule has 0 aliphatic rings. The molecular weight excluding hydrogens is 239 g/mol. The third-order valence-corrected chi connectivity index (χ3v) is 2.39. The van der Waals surface area contributed by atoms with Crippen LogP contribution in [0.25, 0.3) is 0 Å². The zero-order valence-electron chi connectivity index (χ0n) is 9.91. The van der Waals surface area contributed by atoms with Gasteiger partial charge in [-0.25, -0.2) is 9.18 Å². The van der Waals surface area contributed by atoms with Crippen molar-refractivity contribution in [1.29, 1.82) is 0 Å². The average Bonchev–Trinajstić information content (AvgIpc) is 2.99. The molecule has 6 nitrogen and oxygen atoms in total. The monoisotopic (exact) mass is 252 g/mol. The summed E-state index contributed by atoms with van der Waals surface area (Å²) in [6.45, 7) is 0.220. The Labute approximate surface area is 103 Å². The lowest BCUT2D eigenvalue weighted by Gasteiger charge is -1.98. The minimum absolute atomic E-state index is 0.243. The fraction of sp³-hybridized carbons (Fsp3) is 0.364. The summed E-state index contributed by atoms with van der Waals surface area (Å²) in [6, 6.07) is 1.79. The van der Waals surface area contributed by atoms with Gasteiger partial charge in [-0.3, -0.25) is 9.36 Å². The number of alkyl halides is 1. The van der Waals surface area contributed by atoms with E-state index in [4.69, 9.17) is 0 Å². The first-order valence-electron chi connectivity index (χ1n) is 5.42. The van der Waals surface area contributed by atoms with Gasteiger partial charge in [0.25, 0.3) is 0 Å². The molecule has 0 N–H and O–H groups in total. The molecule has 2 rings (SSSR count). The fourth-order valence-corrected chi connectivity index (χ4v) is 1.54. The summed E-state index contributed by atoms with van der Waals surface area (Å²) in [5.74, 6) is -0.427. The van der Waals surface area contributed by atoms with Crippen molar-refractivity contribution in [2.75, 3.05) is 13.8 Å². The van der Waals surface area contributed by atoms with Crippen molar-refractivity contribution >= 4 is 5.97 Å². The molecule has 96 valence electrons. The van der Waals surface area contributed by atoms with Crippen molar-refractivity contribution in [3.8, 4) is 0 Å². The lowest BCUT2D eigenvalue weighted by molar-refractivity contribution is 0.0600. The second-order valence-corrected chi connectivity index (χ2v) is 3.68. The second-order valence-electron chi connectivity index (χ2n) is 3.68. The minimum Gasteiger partial charge on any atom is -0.465 e. The van der Waals surface area contributed by atoms with Gasteiger partial charge in [-0.05, 0) is 6.07 Å². The Morgan fingerprint density at radius 2 is 2.33 bits per heavy atom. The zero-order chi connectivity index (χ0) is 13.0. The predicted molar refractivity (Wildman–Crippen MR) is 60.9 cm³/mol. The van der Waals surface area contributed by atoms with Crippen LogP contribution in [0, 0.1) is 0 Å². The number of aryl methyl sites for hydroxylation is 1. The topological polar surface area (TPSA) is 61.9 Å². The molecule has 0 spiro atoms. The molecule has 0 saturated heterocycles. The number of rotatable bonds is 5. The zero-order valence-corrected chi connectivity index (χ0v) is 9.91. The van der Waals surface area contributed by atoms with Gasteiger partial charge in [-0.2, -0.15) is 10.2 Å². The van der Waals surface area contributed by atoms with Gasteiger partial charge in [0.05, 0.1) is 37.7 Å². The Morgan fingerprint density at radius 3 is 3.06 bits per heavy atom. The number of esters is 1. The standard InChI is InChI=1S/C11H13FN4O2/c1-18-11(17)9-6-13-16(7-9)8-10-2-4-15(14-10)5-3-12/h2,4,6-7H,3,5,8H2,1H3. The number of hydrogen-bond acceptors (Lipinski definition) is 4. The van der Waals surface area contributed by atoms with E-state index in [-0.39, 0.29) is 6.54 Å². The maximum Gasteiger partial charge on any atom is 0.341 e. The molecule has 0 atom stereocenters. The van der Waals surface area contributed by atoms with Gasteiger partial charge >= 0.3 is 5.97 Å². The highest BCUT2D eigenvalue weighted by molar-refractivity contribution is 5.88. The van der Waals surface area contributed by atoms with Gasteiger partial charge in [0.2, 0.25) is 0 Å². The van der Waals surface area contributed by atoms with Crippen molar-refractivity contribution in [3.63, 3.8) is 0 Å². The summed E-state index contributed by atoms with van der Waals surface area (Å²) < 4.78 is 19.8. The summed E-state index contributed by atoms with van der Waals surface area (Å²) >= 11 is 0. The van der Waals surface area contributed by atoms with Crippen LogP contribution in [-0.4, -0.2) is 39.3 Å². The maximum atomic E-state index is 12.1. The molecule has 0 radical (unpaired) electrons. The van der Waals surface area contributed by atoms with Gasteiger partial charge < -0.3 is 4.74 Å². The molecule has 0 fully saturated rings. The molecule has 0 aliphatic carbocycles. The number of nitrogens with zero attached hydrogens (tertiary/aromatic N) is 4. The molecule has 0 bridgehead atoms. The highest BCUT2D eigenvalue weighted by Gasteiger charge is 2.09. The predicted octanol–water partition coefficient (Wildman–Crippen LogP) is 0.884. The van der Waals surface area contributed by atoms with Crippen LogP contribution in [0.2, 0.25) is 0 Å². The first-order chi connectivity index (χ1) is 8.72. The number of methoxy groups -OCH3 is 1. The molecule has 7 heteroatoms. The van der Waals surface area contributed by atoms with E-state index in [1.807, 2.05) is 0 Å². The number of halogens is 1. The lowest BCUT2D eigenvalue weighted by atomic mass is 10.4. The fourth-order valence-electron chi connectivity index (χ4n) is 1.54. The molecule has 18 heavy (non-hydrogen) atoms. The quantitative estimate of drug-likeness (QED) is 0.741. The van der Waals surface area contributed by atoms with Crippen LogP contribution in [0.3, 0.4) is 0 Å². The molecule has 2 aromatic heterocycles. The molecule has 0 saturated carbocycles. The number of carbonyl (C=O) groups is 1. The van der Waals surface area contributed by atoms with Crippen LogP contribution in [0.5, 0.6) is 0 Å². The Balaban J connectivity index is 2.04. The van der Waals surface area contributed by atoms with Crippen LogP contribution in [-0.2, 0) is 17.8 Å². The summed E-state index contributed by atoms with van der Waals surface area (Å²) in [4.78, 5) is 11.2. The first-order valence-corrected chi connectivity index (χ1v) is 5.42. The van der Waals surface area contributed by atoms with Crippen LogP contribution < -0.4 is 0 Å². The van der Waals surface area contributed by atoms with Crippen LogP contribution >= 0.6 is 0 Å². The summed E-state index contributed by atoms with van der Waals surface area (Å²) in [5, 5.41) is 8.20. The number of aromatic nitrogens is 4. The van der Waals surface area contributed by atoms with E-state index in [0.717, 1.165) is 5.69 Å².